The highest BCUT2D eigenvalue weighted by atomic mass is 79.9. The van der Waals surface area contributed by atoms with Crippen LogP contribution in [0.2, 0.25) is 0 Å². The minimum atomic E-state index is -3.38. The van der Waals surface area contributed by atoms with E-state index in [1.54, 1.807) is 10.4 Å². The van der Waals surface area contributed by atoms with Gasteiger partial charge in [-0.15, -0.1) is 11.3 Å². The summed E-state index contributed by atoms with van der Waals surface area (Å²) in [4.78, 5) is 1.26. The second-order valence-corrected chi connectivity index (χ2v) is 9.06. The SMILES string of the molecule is Cc1sc(Br)cc1S(=O)(=O)N1CCNC(C)C1C. The van der Waals surface area contributed by atoms with Crippen LogP contribution in [0.4, 0.5) is 0 Å². The number of thiophene rings is 1. The van der Waals surface area contributed by atoms with Crippen LogP contribution in [0.15, 0.2) is 14.7 Å². The first-order valence-electron chi connectivity index (χ1n) is 5.85. The summed E-state index contributed by atoms with van der Waals surface area (Å²) in [5.74, 6) is 0. The Bertz CT molecular complexity index is 541. The van der Waals surface area contributed by atoms with Crippen molar-refractivity contribution in [1.82, 2.24) is 9.62 Å². The topological polar surface area (TPSA) is 49.4 Å². The number of rotatable bonds is 2. The molecule has 0 aromatic carbocycles. The molecule has 1 aromatic heterocycles. The van der Waals surface area contributed by atoms with Gasteiger partial charge in [-0.05, 0) is 42.8 Å². The summed E-state index contributed by atoms with van der Waals surface area (Å²) in [5.41, 5.74) is 0. The lowest BCUT2D eigenvalue weighted by Crippen LogP contribution is -2.57. The smallest absolute Gasteiger partial charge is 0.244 e. The van der Waals surface area contributed by atoms with Crippen LogP contribution in [-0.4, -0.2) is 37.9 Å². The third kappa shape index (κ3) is 2.51. The summed E-state index contributed by atoms with van der Waals surface area (Å²) in [6.07, 6.45) is 0. The van der Waals surface area contributed by atoms with Gasteiger partial charge in [0.05, 0.1) is 8.68 Å². The highest BCUT2D eigenvalue weighted by Crippen LogP contribution is 2.32. The minimum Gasteiger partial charge on any atom is -0.311 e. The van der Waals surface area contributed by atoms with Gasteiger partial charge >= 0.3 is 0 Å². The van der Waals surface area contributed by atoms with E-state index < -0.39 is 10.0 Å². The van der Waals surface area contributed by atoms with Crippen molar-refractivity contribution in [3.8, 4) is 0 Å². The van der Waals surface area contributed by atoms with Gasteiger partial charge in [-0.2, -0.15) is 4.31 Å². The molecular formula is C11H17BrN2O2S2. The number of nitrogens with one attached hydrogen (secondary N) is 1. The van der Waals surface area contributed by atoms with Crippen molar-refractivity contribution in [3.05, 3.63) is 14.7 Å². The molecule has 4 nitrogen and oxygen atoms in total. The molecule has 0 saturated carbocycles. The Morgan fingerprint density at radius 3 is 2.72 bits per heavy atom. The van der Waals surface area contributed by atoms with E-state index in [1.807, 2.05) is 20.8 Å². The summed E-state index contributed by atoms with van der Waals surface area (Å²) < 4.78 is 27.8. The van der Waals surface area contributed by atoms with Crippen LogP contribution >= 0.6 is 27.3 Å². The van der Waals surface area contributed by atoms with E-state index in [0.717, 1.165) is 8.66 Å². The predicted molar refractivity (Wildman–Crippen MR) is 77.6 cm³/mol. The van der Waals surface area contributed by atoms with Crippen molar-refractivity contribution < 1.29 is 8.42 Å². The molecule has 2 rings (SSSR count). The molecule has 1 fully saturated rings. The predicted octanol–water partition coefficient (Wildman–Crippen LogP) is 2.19. The maximum absolute atomic E-state index is 12.7. The number of nitrogens with zero attached hydrogens (tertiary/aromatic N) is 1. The van der Waals surface area contributed by atoms with Crippen molar-refractivity contribution in [3.63, 3.8) is 0 Å². The van der Waals surface area contributed by atoms with Gasteiger partial charge in [0.2, 0.25) is 10.0 Å². The van der Waals surface area contributed by atoms with E-state index in [2.05, 4.69) is 21.2 Å². The standard InChI is InChI=1S/C11H17BrN2O2S2/c1-7-8(2)14(5-4-13-7)18(15,16)10-6-11(12)17-9(10)3/h6-8,13H,4-5H2,1-3H3. The fourth-order valence-electron chi connectivity index (χ4n) is 2.18. The van der Waals surface area contributed by atoms with E-state index in [4.69, 9.17) is 0 Å². The maximum atomic E-state index is 12.7. The Hall–Kier alpha value is 0.0500. The van der Waals surface area contributed by atoms with Crippen molar-refractivity contribution in [2.24, 2.45) is 0 Å². The first kappa shape index (κ1) is 14.5. The molecule has 1 saturated heterocycles. The number of sulfonamides is 1. The average Bonchev–Trinajstić information content (AvgIpc) is 2.62. The molecule has 102 valence electrons. The van der Waals surface area contributed by atoms with Crippen LogP contribution in [0.5, 0.6) is 0 Å². The van der Waals surface area contributed by atoms with Crippen LogP contribution in [-0.2, 0) is 10.0 Å². The zero-order chi connectivity index (χ0) is 13.5. The van der Waals surface area contributed by atoms with Crippen molar-refractivity contribution in [1.29, 1.82) is 0 Å². The Morgan fingerprint density at radius 1 is 1.50 bits per heavy atom. The quantitative estimate of drug-likeness (QED) is 0.887. The van der Waals surface area contributed by atoms with Gasteiger partial charge in [-0.1, -0.05) is 0 Å². The summed E-state index contributed by atoms with van der Waals surface area (Å²) in [6, 6.07) is 1.85. The normalized spacial score (nSPS) is 26.4. The minimum absolute atomic E-state index is 0.0261. The fraction of sp³-hybridized carbons (Fsp3) is 0.636. The molecule has 1 aromatic rings. The molecule has 7 heteroatoms. The third-order valence-electron chi connectivity index (χ3n) is 3.41. The second kappa shape index (κ2) is 5.20. The molecule has 2 heterocycles. The van der Waals surface area contributed by atoms with Gasteiger partial charge in [0, 0.05) is 30.1 Å². The zero-order valence-corrected chi connectivity index (χ0v) is 13.8. The van der Waals surface area contributed by atoms with Crippen LogP contribution in [0.25, 0.3) is 0 Å². The number of piperazine rings is 1. The van der Waals surface area contributed by atoms with E-state index in [-0.39, 0.29) is 12.1 Å². The molecule has 0 amide bonds. The Labute approximate surface area is 121 Å². The summed E-state index contributed by atoms with van der Waals surface area (Å²) in [7, 11) is -3.38. The van der Waals surface area contributed by atoms with E-state index in [9.17, 15) is 8.42 Å². The molecule has 1 aliphatic heterocycles. The van der Waals surface area contributed by atoms with Crippen LogP contribution in [0, 0.1) is 6.92 Å². The van der Waals surface area contributed by atoms with E-state index >= 15 is 0 Å². The Morgan fingerprint density at radius 2 is 2.17 bits per heavy atom. The van der Waals surface area contributed by atoms with Gasteiger partial charge in [-0.25, -0.2) is 8.42 Å². The lowest BCUT2D eigenvalue weighted by atomic mass is 10.1. The van der Waals surface area contributed by atoms with Crippen LogP contribution in [0.1, 0.15) is 18.7 Å². The average molecular weight is 353 g/mol. The zero-order valence-electron chi connectivity index (χ0n) is 10.6. The number of halogens is 1. The molecule has 18 heavy (non-hydrogen) atoms. The van der Waals surface area contributed by atoms with Gasteiger partial charge in [0.1, 0.15) is 0 Å². The van der Waals surface area contributed by atoms with Gasteiger partial charge < -0.3 is 5.32 Å². The first-order valence-corrected chi connectivity index (χ1v) is 8.90. The number of hydrogen-bond acceptors (Lipinski definition) is 4. The molecule has 0 radical (unpaired) electrons. The maximum Gasteiger partial charge on any atom is 0.244 e. The lowest BCUT2D eigenvalue weighted by Gasteiger charge is -2.37. The highest BCUT2D eigenvalue weighted by molar-refractivity contribution is 9.11. The molecule has 1 N–H and O–H groups in total. The molecule has 2 unspecified atom stereocenters. The van der Waals surface area contributed by atoms with Crippen molar-refractivity contribution in [2.75, 3.05) is 13.1 Å². The second-order valence-electron chi connectivity index (χ2n) is 4.57. The van der Waals surface area contributed by atoms with Crippen LogP contribution < -0.4 is 5.32 Å². The van der Waals surface area contributed by atoms with Crippen molar-refractivity contribution in [2.45, 2.75) is 37.8 Å². The summed E-state index contributed by atoms with van der Waals surface area (Å²) in [6.45, 7) is 7.04. The summed E-state index contributed by atoms with van der Waals surface area (Å²) >= 11 is 4.81. The van der Waals surface area contributed by atoms with Gasteiger partial charge in [0.25, 0.3) is 0 Å². The Balaban J connectivity index is 2.39. The highest BCUT2D eigenvalue weighted by Gasteiger charge is 2.35. The molecule has 0 spiro atoms. The van der Waals surface area contributed by atoms with Gasteiger partial charge in [-0.3, -0.25) is 0 Å². The number of aryl methyl sites for hydroxylation is 1. The number of hydrogen-bond donors (Lipinski definition) is 1. The lowest BCUT2D eigenvalue weighted by molar-refractivity contribution is 0.233. The molecule has 1 aliphatic rings. The largest absolute Gasteiger partial charge is 0.311 e. The molecule has 0 bridgehead atoms. The monoisotopic (exact) mass is 352 g/mol. The molecular weight excluding hydrogens is 336 g/mol. The van der Waals surface area contributed by atoms with Crippen LogP contribution in [0.3, 0.4) is 0 Å². The van der Waals surface area contributed by atoms with Gasteiger partial charge in [0.15, 0.2) is 0 Å². The van der Waals surface area contributed by atoms with E-state index in [0.29, 0.717) is 18.0 Å². The molecule has 2 atom stereocenters. The Kier molecular flexibility index (Phi) is 4.18. The fourth-order valence-corrected chi connectivity index (χ4v) is 6.27. The third-order valence-corrected chi connectivity index (χ3v) is 7.20. The molecule has 0 aliphatic carbocycles. The summed E-state index contributed by atoms with van der Waals surface area (Å²) in [5, 5.41) is 3.29. The van der Waals surface area contributed by atoms with E-state index in [1.165, 1.54) is 11.3 Å². The van der Waals surface area contributed by atoms with Crippen molar-refractivity contribution >= 4 is 37.3 Å². The first-order chi connectivity index (χ1) is 8.34.